The number of aromatic nitrogens is 2. The first-order valence-electron chi connectivity index (χ1n) is 5.50. The van der Waals surface area contributed by atoms with Gasteiger partial charge in [0.05, 0.1) is 10.7 Å². The molecule has 1 heterocycles. The van der Waals surface area contributed by atoms with E-state index in [-0.39, 0.29) is 0 Å². The molecule has 1 unspecified atom stereocenters. The van der Waals surface area contributed by atoms with Gasteiger partial charge in [-0.1, -0.05) is 6.92 Å². The Balaban J connectivity index is 2.23. The van der Waals surface area contributed by atoms with Crippen LogP contribution in [-0.4, -0.2) is 28.1 Å². The molecule has 3 nitrogen and oxygen atoms in total. The van der Waals surface area contributed by atoms with Gasteiger partial charge in [0.15, 0.2) is 0 Å². The van der Waals surface area contributed by atoms with E-state index in [1.165, 1.54) is 11.4 Å². The third-order valence-corrected chi connectivity index (χ3v) is 3.50. The molecule has 1 aromatic heterocycles. The minimum Gasteiger partial charge on any atom is -0.313 e. The molecule has 1 aromatic rings. The summed E-state index contributed by atoms with van der Waals surface area (Å²) in [5, 5.41) is 9.04. The molecule has 15 heavy (non-hydrogen) atoms. The van der Waals surface area contributed by atoms with Crippen LogP contribution in [0.25, 0.3) is 0 Å². The maximum atomic E-state index is 4.32. The second-order valence-electron chi connectivity index (χ2n) is 3.86. The lowest BCUT2D eigenvalue weighted by atomic mass is 10.3. The highest BCUT2D eigenvalue weighted by Crippen LogP contribution is 2.17. The van der Waals surface area contributed by atoms with Crippen LogP contribution in [0.4, 0.5) is 0 Å². The summed E-state index contributed by atoms with van der Waals surface area (Å²) in [4.78, 5) is 0. The van der Waals surface area contributed by atoms with Gasteiger partial charge in [0.1, 0.15) is 0 Å². The molecular weight excluding hydrogens is 206 g/mol. The second-order valence-corrected chi connectivity index (χ2v) is 4.97. The minimum atomic E-state index is 0.624. The van der Waals surface area contributed by atoms with Crippen molar-refractivity contribution in [1.29, 1.82) is 0 Å². The fourth-order valence-electron chi connectivity index (χ4n) is 1.33. The highest BCUT2D eigenvalue weighted by atomic mass is 32.2. The third kappa shape index (κ3) is 4.26. The van der Waals surface area contributed by atoms with Crippen molar-refractivity contribution in [2.75, 3.05) is 12.3 Å². The average molecular weight is 227 g/mol. The molecule has 86 valence electrons. The number of nitrogens with one attached hydrogen (secondary N) is 1. The third-order valence-electron chi connectivity index (χ3n) is 2.42. The Hall–Kier alpha value is -0.480. The quantitative estimate of drug-likeness (QED) is 0.597. The molecule has 1 rings (SSSR count). The Kier molecular flexibility index (Phi) is 5.19. The van der Waals surface area contributed by atoms with Gasteiger partial charge in [0.25, 0.3) is 0 Å². The molecule has 0 aliphatic rings. The molecule has 0 amide bonds. The molecule has 4 heteroatoms. The molecular formula is C11H21N3S. The predicted octanol–water partition coefficient (Wildman–Crippen LogP) is 2.21. The standard InChI is InChI=1S/C11H21N3S/c1-5-9(2)12-6-7-15-11-8-10(3)13-14(11)4/h8-9,12H,5-7H2,1-4H3. The Bertz CT molecular complexity index is 296. The average Bonchev–Trinajstić information content (AvgIpc) is 2.52. The number of hydrogen-bond donors (Lipinski definition) is 1. The summed E-state index contributed by atoms with van der Waals surface area (Å²) in [6, 6.07) is 2.76. The molecule has 0 spiro atoms. The van der Waals surface area contributed by atoms with E-state index in [1.807, 2.05) is 30.4 Å². The van der Waals surface area contributed by atoms with Crippen molar-refractivity contribution in [3.8, 4) is 0 Å². The van der Waals surface area contributed by atoms with Crippen LogP contribution in [0.3, 0.4) is 0 Å². The number of rotatable bonds is 6. The normalized spacial score (nSPS) is 13.1. The largest absolute Gasteiger partial charge is 0.313 e. The summed E-state index contributed by atoms with van der Waals surface area (Å²) in [7, 11) is 2.00. The first-order chi connectivity index (χ1) is 7.13. The van der Waals surface area contributed by atoms with Crippen LogP contribution < -0.4 is 5.32 Å². The van der Waals surface area contributed by atoms with Gasteiger partial charge in [-0.25, -0.2) is 0 Å². The van der Waals surface area contributed by atoms with Crippen LogP contribution in [0.5, 0.6) is 0 Å². The van der Waals surface area contributed by atoms with E-state index < -0.39 is 0 Å². The monoisotopic (exact) mass is 227 g/mol. The van der Waals surface area contributed by atoms with E-state index in [4.69, 9.17) is 0 Å². The fourth-order valence-corrected chi connectivity index (χ4v) is 2.24. The van der Waals surface area contributed by atoms with Gasteiger partial charge < -0.3 is 5.32 Å². The molecule has 1 atom stereocenters. The molecule has 1 N–H and O–H groups in total. The first-order valence-corrected chi connectivity index (χ1v) is 6.49. The Morgan fingerprint density at radius 2 is 2.33 bits per heavy atom. The molecule has 0 bridgehead atoms. The van der Waals surface area contributed by atoms with E-state index in [1.54, 1.807) is 0 Å². The number of thioether (sulfide) groups is 1. The smallest absolute Gasteiger partial charge is 0.0939 e. The van der Waals surface area contributed by atoms with Crippen molar-refractivity contribution in [3.05, 3.63) is 11.8 Å². The highest BCUT2D eigenvalue weighted by molar-refractivity contribution is 7.99. The van der Waals surface area contributed by atoms with Crippen LogP contribution in [-0.2, 0) is 7.05 Å². The van der Waals surface area contributed by atoms with Gasteiger partial charge in [0.2, 0.25) is 0 Å². The summed E-state index contributed by atoms with van der Waals surface area (Å²) in [6.45, 7) is 7.51. The minimum absolute atomic E-state index is 0.624. The number of hydrogen-bond acceptors (Lipinski definition) is 3. The Morgan fingerprint density at radius 1 is 1.60 bits per heavy atom. The van der Waals surface area contributed by atoms with Gasteiger partial charge in [-0.3, -0.25) is 4.68 Å². The Labute approximate surface area is 96.6 Å². The summed E-state index contributed by atoms with van der Waals surface area (Å²) >= 11 is 1.86. The number of aryl methyl sites for hydroxylation is 2. The second kappa shape index (κ2) is 6.18. The first kappa shape index (κ1) is 12.6. The molecule has 0 radical (unpaired) electrons. The van der Waals surface area contributed by atoms with Crippen LogP contribution >= 0.6 is 11.8 Å². The van der Waals surface area contributed by atoms with Gasteiger partial charge in [0, 0.05) is 25.4 Å². The topological polar surface area (TPSA) is 29.9 Å². The molecule has 0 fully saturated rings. The van der Waals surface area contributed by atoms with Gasteiger partial charge in [-0.05, 0) is 26.3 Å². The zero-order valence-electron chi connectivity index (χ0n) is 10.1. The molecule has 0 aromatic carbocycles. The van der Waals surface area contributed by atoms with Crippen LogP contribution in [0, 0.1) is 6.92 Å². The maximum Gasteiger partial charge on any atom is 0.0939 e. The lowest BCUT2D eigenvalue weighted by molar-refractivity contribution is 0.555. The van der Waals surface area contributed by atoms with E-state index in [2.05, 4.69) is 30.3 Å². The summed E-state index contributed by atoms with van der Waals surface area (Å²) in [6.07, 6.45) is 1.19. The van der Waals surface area contributed by atoms with Crippen molar-refractivity contribution in [2.45, 2.75) is 38.3 Å². The van der Waals surface area contributed by atoms with Crippen LogP contribution in [0.2, 0.25) is 0 Å². The van der Waals surface area contributed by atoms with Crippen molar-refractivity contribution < 1.29 is 0 Å². The van der Waals surface area contributed by atoms with Gasteiger partial charge >= 0.3 is 0 Å². The van der Waals surface area contributed by atoms with Crippen molar-refractivity contribution in [1.82, 2.24) is 15.1 Å². The lowest BCUT2D eigenvalue weighted by Crippen LogP contribution is -2.27. The van der Waals surface area contributed by atoms with Crippen LogP contribution in [0.1, 0.15) is 26.0 Å². The van der Waals surface area contributed by atoms with E-state index in [0.29, 0.717) is 6.04 Å². The summed E-state index contributed by atoms with van der Waals surface area (Å²) in [5.74, 6) is 1.10. The molecule has 0 saturated heterocycles. The van der Waals surface area contributed by atoms with Gasteiger partial charge in [-0.2, -0.15) is 5.10 Å². The lowest BCUT2D eigenvalue weighted by Gasteiger charge is -2.10. The SMILES string of the molecule is CCC(C)NCCSc1cc(C)nn1C. The highest BCUT2D eigenvalue weighted by Gasteiger charge is 2.02. The van der Waals surface area contributed by atoms with E-state index in [9.17, 15) is 0 Å². The zero-order chi connectivity index (χ0) is 11.3. The maximum absolute atomic E-state index is 4.32. The molecule has 0 saturated carbocycles. The summed E-state index contributed by atoms with van der Waals surface area (Å²) < 4.78 is 1.95. The fraction of sp³-hybridized carbons (Fsp3) is 0.727. The van der Waals surface area contributed by atoms with Crippen LogP contribution in [0.15, 0.2) is 11.1 Å². The molecule has 0 aliphatic heterocycles. The zero-order valence-corrected chi connectivity index (χ0v) is 10.9. The van der Waals surface area contributed by atoms with E-state index >= 15 is 0 Å². The van der Waals surface area contributed by atoms with Crippen molar-refractivity contribution in [3.63, 3.8) is 0 Å². The predicted molar refractivity (Wildman–Crippen MR) is 66.4 cm³/mol. The Morgan fingerprint density at radius 3 is 2.87 bits per heavy atom. The van der Waals surface area contributed by atoms with Crippen molar-refractivity contribution >= 4 is 11.8 Å². The summed E-state index contributed by atoms with van der Waals surface area (Å²) in [5.41, 5.74) is 1.09. The van der Waals surface area contributed by atoms with Crippen molar-refractivity contribution in [2.24, 2.45) is 7.05 Å². The van der Waals surface area contributed by atoms with E-state index in [0.717, 1.165) is 18.0 Å². The number of nitrogens with zero attached hydrogens (tertiary/aromatic N) is 2. The molecule has 0 aliphatic carbocycles. The van der Waals surface area contributed by atoms with Gasteiger partial charge in [-0.15, -0.1) is 11.8 Å².